The molecule has 3 aromatic rings. The summed E-state index contributed by atoms with van der Waals surface area (Å²) in [5.74, 6) is 1.86. The Morgan fingerprint density at radius 3 is 2.67 bits per heavy atom. The van der Waals surface area contributed by atoms with Gasteiger partial charge in [0.1, 0.15) is 22.8 Å². The summed E-state index contributed by atoms with van der Waals surface area (Å²) >= 11 is 0. The van der Waals surface area contributed by atoms with Gasteiger partial charge in [0.05, 0.1) is 13.3 Å². The van der Waals surface area contributed by atoms with E-state index in [0.717, 1.165) is 22.7 Å². The van der Waals surface area contributed by atoms with Gasteiger partial charge in [-0.05, 0) is 36.4 Å². The fraction of sp³-hybridized carbons (Fsp3) is 0.0714. The summed E-state index contributed by atoms with van der Waals surface area (Å²) in [5, 5.41) is 9.30. The molecule has 0 unspecified atom stereocenters. The molecule has 2 heterocycles. The van der Waals surface area contributed by atoms with Crippen LogP contribution in [-0.2, 0) is 0 Å². The summed E-state index contributed by atoms with van der Waals surface area (Å²) < 4.78 is 7.26. The van der Waals surface area contributed by atoms with Crippen molar-refractivity contribution in [1.82, 2.24) is 9.38 Å². The van der Waals surface area contributed by atoms with Crippen molar-refractivity contribution in [2.45, 2.75) is 0 Å². The number of phenols is 1. The largest absolute Gasteiger partial charge is 0.508 e. The Balaban J connectivity index is 2.21. The molecule has 0 spiro atoms. The number of phenolic OH excluding ortho intramolecular Hbond substituents is 1. The number of aromatic nitrogens is 2. The van der Waals surface area contributed by atoms with Crippen LogP contribution < -0.4 is 4.74 Å². The van der Waals surface area contributed by atoms with Crippen molar-refractivity contribution in [3.05, 3.63) is 48.8 Å². The standard InChI is InChI=1S/C14H12N2O2/c1-18-13-3-2-8-16-12(13)9-15-14(16)10-4-6-11(17)7-5-10/h2-9,17H,1H3. The van der Waals surface area contributed by atoms with Gasteiger partial charge >= 0.3 is 0 Å². The highest BCUT2D eigenvalue weighted by Crippen LogP contribution is 2.26. The minimum Gasteiger partial charge on any atom is -0.508 e. The van der Waals surface area contributed by atoms with E-state index in [1.807, 2.05) is 34.9 Å². The van der Waals surface area contributed by atoms with Crippen LogP contribution >= 0.6 is 0 Å². The number of pyridine rings is 1. The summed E-state index contributed by atoms with van der Waals surface area (Å²) in [7, 11) is 1.64. The number of benzene rings is 1. The minimum atomic E-state index is 0.247. The Labute approximate surface area is 104 Å². The molecule has 0 fully saturated rings. The van der Waals surface area contributed by atoms with Gasteiger partial charge in [-0.15, -0.1) is 0 Å². The van der Waals surface area contributed by atoms with Crippen molar-refractivity contribution >= 4 is 5.52 Å². The van der Waals surface area contributed by atoms with Gasteiger partial charge < -0.3 is 9.84 Å². The second-order valence-electron chi connectivity index (χ2n) is 3.96. The average Bonchev–Trinajstić information content (AvgIpc) is 2.83. The van der Waals surface area contributed by atoms with Gasteiger partial charge in [-0.3, -0.25) is 4.40 Å². The van der Waals surface area contributed by atoms with E-state index in [4.69, 9.17) is 4.74 Å². The van der Waals surface area contributed by atoms with Gasteiger partial charge in [-0.25, -0.2) is 4.98 Å². The van der Waals surface area contributed by atoms with Crippen LogP contribution in [0.3, 0.4) is 0 Å². The zero-order valence-electron chi connectivity index (χ0n) is 9.87. The van der Waals surface area contributed by atoms with E-state index in [2.05, 4.69) is 4.98 Å². The molecule has 90 valence electrons. The number of rotatable bonds is 2. The topological polar surface area (TPSA) is 46.8 Å². The zero-order chi connectivity index (χ0) is 12.5. The molecule has 1 N–H and O–H groups in total. The molecule has 0 saturated heterocycles. The van der Waals surface area contributed by atoms with Crippen LogP contribution in [0.2, 0.25) is 0 Å². The Morgan fingerprint density at radius 2 is 1.94 bits per heavy atom. The van der Waals surface area contributed by atoms with E-state index >= 15 is 0 Å². The quantitative estimate of drug-likeness (QED) is 0.749. The predicted molar refractivity (Wildman–Crippen MR) is 68.8 cm³/mol. The molecule has 0 radical (unpaired) electrons. The molecule has 0 aliphatic carbocycles. The van der Waals surface area contributed by atoms with Crippen molar-refractivity contribution in [2.24, 2.45) is 0 Å². The van der Waals surface area contributed by atoms with Crippen molar-refractivity contribution in [3.63, 3.8) is 0 Å². The van der Waals surface area contributed by atoms with E-state index < -0.39 is 0 Å². The van der Waals surface area contributed by atoms with Crippen LogP contribution in [-0.4, -0.2) is 21.6 Å². The van der Waals surface area contributed by atoms with E-state index in [0.29, 0.717) is 0 Å². The number of imidazole rings is 1. The lowest BCUT2D eigenvalue weighted by Crippen LogP contribution is -1.91. The van der Waals surface area contributed by atoms with E-state index in [1.54, 1.807) is 25.4 Å². The highest BCUT2D eigenvalue weighted by Gasteiger charge is 2.09. The van der Waals surface area contributed by atoms with Crippen LogP contribution in [0.5, 0.6) is 11.5 Å². The summed E-state index contributed by atoms with van der Waals surface area (Å²) in [6, 6.07) is 10.8. The molecule has 0 aliphatic rings. The Morgan fingerprint density at radius 1 is 1.17 bits per heavy atom. The van der Waals surface area contributed by atoms with Crippen molar-refractivity contribution < 1.29 is 9.84 Å². The number of hydrogen-bond donors (Lipinski definition) is 1. The first kappa shape index (κ1) is 10.7. The van der Waals surface area contributed by atoms with Crippen LogP contribution in [0.15, 0.2) is 48.8 Å². The van der Waals surface area contributed by atoms with Gasteiger partial charge in [0.25, 0.3) is 0 Å². The molecule has 0 bridgehead atoms. The molecule has 0 aliphatic heterocycles. The molecular weight excluding hydrogens is 228 g/mol. The average molecular weight is 240 g/mol. The monoisotopic (exact) mass is 240 g/mol. The Hall–Kier alpha value is -2.49. The number of methoxy groups -OCH3 is 1. The first-order chi connectivity index (χ1) is 8.79. The molecule has 0 saturated carbocycles. The minimum absolute atomic E-state index is 0.247. The maximum absolute atomic E-state index is 9.30. The smallest absolute Gasteiger partial charge is 0.144 e. The summed E-state index contributed by atoms with van der Waals surface area (Å²) in [4.78, 5) is 4.41. The number of fused-ring (bicyclic) bond motifs is 1. The van der Waals surface area contributed by atoms with Crippen LogP contribution in [0.4, 0.5) is 0 Å². The zero-order valence-corrected chi connectivity index (χ0v) is 9.87. The number of aromatic hydroxyl groups is 1. The van der Waals surface area contributed by atoms with Gasteiger partial charge in [0, 0.05) is 11.8 Å². The fourth-order valence-electron chi connectivity index (χ4n) is 1.99. The maximum atomic E-state index is 9.30. The molecule has 4 heteroatoms. The molecule has 4 nitrogen and oxygen atoms in total. The molecule has 18 heavy (non-hydrogen) atoms. The first-order valence-corrected chi connectivity index (χ1v) is 5.59. The molecule has 2 aromatic heterocycles. The lowest BCUT2D eigenvalue weighted by Gasteiger charge is -2.04. The van der Waals surface area contributed by atoms with E-state index in [9.17, 15) is 5.11 Å². The van der Waals surface area contributed by atoms with Gasteiger partial charge in [0.2, 0.25) is 0 Å². The number of nitrogens with zero attached hydrogens (tertiary/aromatic N) is 2. The molecule has 0 atom stereocenters. The third kappa shape index (κ3) is 1.59. The molecule has 0 amide bonds. The SMILES string of the molecule is COc1cccn2c(-c3ccc(O)cc3)ncc12. The molecule has 3 rings (SSSR count). The van der Waals surface area contributed by atoms with E-state index in [-0.39, 0.29) is 5.75 Å². The van der Waals surface area contributed by atoms with Crippen molar-refractivity contribution in [1.29, 1.82) is 0 Å². The lowest BCUT2D eigenvalue weighted by atomic mass is 10.2. The number of ether oxygens (including phenoxy) is 1. The first-order valence-electron chi connectivity index (χ1n) is 5.59. The molecule has 1 aromatic carbocycles. The summed E-state index contributed by atoms with van der Waals surface area (Å²) in [6.45, 7) is 0. The summed E-state index contributed by atoms with van der Waals surface area (Å²) in [5.41, 5.74) is 1.86. The Bertz CT molecular complexity index is 687. The van der Waals surface area contributed by atoms with Crippen LogP contribution in [0.1, 0.15) is 0 Å². The van der Waals surface area contributed by atoms with Gasteiger partial charge in [0.15, 0.2) is 0 Å². The number of hydrogen-bond acceptors (Lipinski definition) is 3. The van der Waals surface area contributed by atoms with Crippen molar-refractivity contribution in [2.75, 3.05) is 7.11 Å². The highest BCUT2D eigenvalue weighted by atomic mass is 16.5. The van der Waals surface area contributed by atoms with Gasteiger partial charge in [-0.2, -0.15) is 0 Å². The fourth-order valence-corrected chi connectivity index (χ4v) is 1.99. The second-order valence-corrected chi connectivity index (χ2v) is 3.96. The van der Waals surface area contributed by atoms with E-state index in [1.165, 1.54) is 0 Å². The molecular formula is C14H12N2O2. The van der Waals surface area contributed by atoms with Crippen LogP contribution in [0.25, 0.3) is 16.9 Å². The highest BCUT2D eigenvalue weighted by molar-refractivity contribution is 5.67. The van der Waals surface area contributed by atoms with Crippen molar-refractivity contribution in [3.8, 4) is 22.9 Å². The normalized spacial score (nSPS) is 10.7. The predicted octanol–water partition coefficient (Wildman–Crippen LogP) is 2.72. The Kier molecular flexibility index (Phi) is 2.41. The second kappa shape index (κ2) is 4.07. The third-order valence-electron chi connectivity index (χ3n) is 2.88. The maximum Gasteiger partial charge on any atom is 0.144 e. The lowest BCUT2D eigenvalue weighted by molar-refractivity contribution is 0.418. The van der Waals surface area contributed by atoms with Crippen LogP contribution in [0, 0.1) is 0 Å². The third-order valence-corrected chi connectivity index (χ3v) is 2.88. The van der Waals surface area contributed by atoms with Gasteiger partial charge in [-0.1, -0.05) is 0 Å². The summed E-state index contributed by atoms with van der Waals surface area (Å²) in [6.07, 6.45) is 3.72.